The first kappa shape index (κ1) is 19.9. The molecule has 2 heterocycles. The van der Waals surface area contributed by atoms with Crippen LogP contribution < -0.4 is 4.72 Å². The van der Waals surface area contributed by atoms with Crippen LogP contribution in [0.25, 0.3) is 0 Å². The molecule has 8 nitrogen and oxygen atoms in total. The largest absolute Gasteiger partial charge is 0.468 e. The monoisotopic (exact) mass is 432 g/mol. The number of carbonyl (C=O) groups is 1. The third-order valence-electron chi connectivity index (χ3n) is 4.15. The Morgan fingerprint density at radius 3 is 2.56 bits per heavy atom. The summed E-state index contributed by atoms with van der Waals surface area (Å²) in [5.74, 6) is -0.382. The van der Waals surface area contributed by atoms with Crippen molar-refractivity contribution in [2.45, 2.75) is 15.9 Å². The van der Waals surface area contributed by atoms with E-state index in [4.69, 9.17) is 16.0 Å². The van der Waals surface area contributed by atoms with E-state index in [9.17, 15) is 21.6 Å². The highest BCUT2D eigenvalue weighted by atomic mass is 35.5. The first-order valence-electron chi connectivity index (χ1n) is 7.94. The summed E-state index contributed by atoms with van der Waals surface area (Å²) in [5, 5.41) is -0.423. The molecule has 1 aromatic heterocycles. The van der Waals surface area contributed by atoms with E-state index in [0.29, 0.717) is 5.76 Å². The fraction of sp³-hybridized carbons (Fsp3) is 0.312. The number of sulfone groups is 1. The van der Waals surface area contributed by atoms with E-state index in [-0.39, 0.29) is 28.8 Å². The highest BCUT2D eigenvalue weighted by molar-refractivity contribution is 7.91. The summed E-state index contributed by atoms with van der Waals surface area (Å²) < 4.78 is 56.1. The molecule has 0 aliphatic carbocycles. The average Bonchev–Trinajstić information content (AvgIpc) is 3.03. The van der Waals surface area contributed by atoms with E-state index in [1.807, 2.05) is 0 Å². The summed E-state index contributed by atoms with van der Waals surface area (Å²) in [6.45, 7) is -0.401. The number of nitrogens with zero attached hydrogens (tertiary/aromatic N) is 1. The molecule has 1 aliphatic heterocycles. The van der Waals surface area contributed by atoms with Gasteiger partial charge in [-0.2, -0.15) is 0 Å². The second-order valence-corrected chi connectivity index (χ2v) is 10.6. The smallest absolute Gasteiger partial charge is 0.241 e. The number of carbonyl (C=O) groups excluding carboxylic acids is 1. The van der Waals surface area contributed by atoms with E-state index >= 15 is 0 Å². The SMILES string of the molecule is O=C(CNS(=O)(=O)c1cccc(Cl)c1)N1CC(S(=O)(=O)Cc2ccco2)C1. The molecule has 3 rings (SSSR count). The molecule has 11 heteroatoms. The zero-order valence-electron chi connectivity index (χ0n) is 14.0. The van der Waals surface area contributed by atoms with Crippen LogP contribution in [0.4, 0.5) is 0 Å². The molecular formula is C16H17ClN2O6S2. The predicted molar refractivity (Wildman–Crippen MR) is 98.3 cm³/mol. The minimum absolute atomic E-state index is 0.0285. The van der Waals surface area contributed by atoms with E-state index in [1.54, 1.807) is 12.1 Å². The molecule has 0 unspecified atom stereocenters. The number of halogens is 1. The lowest BCUT2D eigenvalue weighted by molar-refractivity contribution is -0.133. The zero-order valence-corrected chi connectivity index (χ0v) is 16.4. The summed E-state index contributed by atoms with van der Waals surface area (Å²) in [4.78, 5) is 13.4. The number of hydrogen-bond donors (Lipinski definition) is 1. The number of rotatable bonds is 7. The Morgan fingerprint density at radius 2 is 1.93 bits per heavy atom. The number of amides is 1. The molecule has 27 heavy (non-hydrogen) atoms. The van der Waals surface area contributed by atoms with Crippen molar-refractivity contribution >= 4 is 37.4 Å². The first-order chi connectivity index (χ1) is 12.7. The van der Waals surface area contributed by atoms with Crippen molar-refractivity contribution in [2.24, 2.45) is 0 Å². The molecule has 1 aliphatic rings. The van der Waals surface area contributed by atoms with Crippen LogP contribution in [0.3, 0.4) is 0 Å². The fourth-order valence-electron chi connectivity index (χ4n) is 2.57. The van der Waals surface area contributed by atoms with Gasteiger partial charge in [-0.1, -0.05) is 17.7 Å². The minimum atomic E-state index is -3.88. The molecular weight excluding hydrogens is 416 g/mol. The third-order valence-corrected chi connectivity index (χ3v) is 7.79. The molecule has 0 saturated carbocycles. The number of sulfonamides is 1. The van der Waals surface area contributed by atoms with Crippen LogP contribution in [0, 0.1) is 0 Å². The maximum atomic E-state index is 12.3. The Morgan fingerprint density at radius 1 is 1.19 bits per heavy atom. The van der Waals surface area contributed by atoms with Gasteiger partial charge in [0.1, 0.15) is 11.5 Å². The highest BCUT2D eigenvalue weighted by Gasteiger charge is 2.40. The van der Waals surface area contributed by atoms with Crippen LogP contribution in [0.15, 0.2) is 52.0 Å². The van der Waals surface area contributed by atoms with Gasteiger partial charge in [-0.15, -0.1) is 0 Å². The molecule has 1 N–H and O–H groups in total. The Hall–Kier alpha value is -1.88. The van der Waals surface area contributed by atoms with E-state index < -0.39 is 37.6 Å². The molecule has 146 valence electrons. The van der Waals surface area contributed by atoms with Crippen molar-refractivity contribution in [3.05, 3.63) is 53.4 Å². The quantitative estimate of drug-likeness (QED) is 0.699. The molecule has 1 fully saturated rings. The van der Waals surface area contributed by atoms with Crippen molar-refractivity contribution in [2.75, 3.05) is 19.6 Å². The van der Waals surface area contributed by atoms with Crippen LogP contribution in [-0.2, 0) is 30.4 Å². The first-order valence-corrected chi connectivity index (χ1v) is 11.5. The van der Waals surface area contributed by atoms with Crippen LogP contribution in [-0.4, -0.2) is 52.5 Å². The Labute approximate surface area is 162 Å². The molecule has 0 bridgehead atoms. The molecule has 1 saturated heterocycles. The molecule has 0 radical (unpaired) electrons. The maximum Gasteiger partial charge on any atom is 0.241 e. The van der Waals surface area contributed by atoms with Crippen molar-refractivity contribution in [3.63, 3.8) is 0 Å². The summed E-state index contributed by atoms with van der Waals surface area (Å²) in [7, 11) is -7.33. The topological polar surface area (TPSA) is 114 Å². The second kappa shape index (κ2) is 7.63. The third kappa shape index (κ3) is 4.70. The Kier molecular flexibility index (Phi) is 5.61. The van der Waals surface area contributed by atoms with Crippen molar-refractivity contribution in [1.29, 1.82) is 0 Å². The molecule has 2 aromatic rings. The summed E-state index contributed by atoms with van der Waals surface area (Å²) >= 11 is 5.77. The highest BCUT2D eigenvalue weighted by Crippen LogP contribution is 2.21. The van der Waals surface area contributed by atoms with Crippen LogP contribution in [0.2, 0.25) is 5.02 Å². The van der Waals surface area contributed by atoms with Crippen LogP contribution >= 0.6 is 11.6 Å². The predicted octanol–water partition coefficient (Wildman–Crippen LogP) is 1.04. The van der Waals surface area contributed by atoms with Crippen LogP contribution in [0.5, 0.6) is 0 Å². The van der Waals surface area contributed by atoms with Gasteiger partial charge in [0, 0.05) is 18.1 Å². The van der Waals surface area contributed by atoms with Gasteiger partial charge in [0.15, 0.2) is 9.84 Å². The van der Waals surface area contributed by atoms with Gasteiger partial charge in [0.05, 0.1) is 23.0 Å². The summed E-state index contributed by atoms with van der Waals surface area (Å²) in [6.07, 6.45) is 1.40. The summed E-state index contributed by atoms with van der Waals surface area (Å²) in [6, 6.07) is 8.84. The average molecular weight is 433 g/mol. The number of hydrogen-bond acceptors (Lipinski definition) is 6. The standard InChI is InChI=1S/C16H17ClN2O6S2/c17-12-3-1-5-14(7-12)27(23,24)18-8-16(20)19-9-15(10-19)26(21,22)11-13-4-2-6-25-13/h1-7,15,18H,8-11H2. The number of furan rings is 1. The lowest BCUT2D eigenvalue weighted by Crippen LogP contribution is -2.58. The van der Waals surface area contributed by atoms with Crippen molar-refractivity contribution in [3.8, 4) is 0 Å². The minimum Gasteiger partial charge on any atom is -0.468 e. The number of benzene rings is 1. The molecule has 1 aromatic carbocycles. The lowest BCUT2D eigenvalue weighted by Gasteiger charge is -2.38. The summed E-state index contributed by atoms with van der Waals surface area (Å²) in [5.41, 5.74) is 0. The number of likely N-dealkylation sites (tertiary alicyclic amines) is 1. The fourth-order valence-corrected chi connectivity index (χ4v) is 5.45. The Bertz CT molecular complexity index is 1030. The number of nitrogens with one attached hydrogen (secondary N) is 1. The van der Waals surface area contributed by atoms with Crippen LogP contribution in [0.1, 0.15) is 5.76 Å². The van der Waals surface area contributed by atoms with Gasteiger partial charge in [0.2, 0.25) is 15.9 Å². The molecule has 0 spiro atoms. The van der Waals surface area contributed by atoms with Gasteiger partial charge in [0.25, 0.3) is 0 Å². The normalized spacial score (nSPS) is 15.5. The second-order valence-electron chi connectivity index (χ2n) is 6.09. The van der Waals surface area contributed by atoms with Gasteiger partial charge in [-0.25, -0.2) is 21.6 Å². The van der Waals surface area contributed by atoms with Gasteiger partial charge in [-0.3, -0.25) is 4.79 Å². The molecule has 1 amide bonds. The zero-order chi connectivity index (χ0) is 19.7. The van der Waals surface area contributed by atoms with Gasteiger partial charge in [-0.05, 0) is 30.3 Å². The maximum absolute atomic E-state index is 12.3. The van der Waals surface area contributed by atoms with E-state index in [2.05, 4.69) is 4.72 Å². The van der Waals surface area contributed by atoms with Crippen molar-refractivity contribution < 1.29 is 26.0 Å². The van der Waals surface area contributed by atoms with E-state index in [0.717, 1.165) is 0 Å². The lowest BCUT2D eigenvalue weighted by atomic mass is 10.2. The van der Waals surface area contributed by atoms with Gasteiger partial charge >= 0.3 is 0 Å². The van der Waals surface area contributed by atoms with E-state index in [1.165, 1.54) is 35.4 Å². The molecule has 0 atom stereocenters. The Balaban J connectivity index is 1.52. The van der Waals surface area contributed by atoms with Gasteiger partial charge < -0.3 is 9.32 Å². The van der Waals surface area contributed by atoms with Crippen molar-refractivity contribution in [1.82, 2.24) is 9.62 Å².